The standard InChI is InChI=1S/C20H27FN2O4/c1-15(24)23-14-20(13-18(23)19(25)26)7-10-22(11-8-20)9-2-12-27-17-5-3-16(21)4-6-17/h3-6,18H,2,7-14H2,1H3,(H,25,26)/t18-/m1/s1. The van der Waals surface area contributed by atoms with Crippen LogP contribution in [0.15, 0.2) is 24.3 Å². The highest BCUT2D eigenvalue weighted by atomic mass is 19.1. The van der Waals surface area contributed by atoms with Gasteiger partial charge in [-0.15, -0.1) is 0 Å². The van der Waals surface area contributed by atoms with Gasteiger partial charge >= 0.3 is 5.97 Å². The van der Waals surface area contributed by atoms with Crippen LogP contribution in [0.5, 0.6) is 5.75 Å². The molecule has 0 aliphatic carbocycles. The topological polar surface area (TPSA) is 70.1 Å². The zero-order valence-corrected chi connectivity index (χ0v) is 15.7. The number of ether oxygens (including phenoxy) is 1. The monoisotopic (exact) mass is 378 g/mol. The van der Waals surface area contributed by atoms with E-state index in [0.717, 1.165) is 38.9 Å². The summed E-state index contributed by atoms with van der Waals surface area (Å²) in [6.07, 6.45) is 3.27. The maximum Gasteiger partial charge on any atom is 0.326 e. The lowest BCUT2D eigenvalue weighted by Crippen LogP contribution is -2.42. The highest BCUT2D eigenvalue weighted by Gasteiger charge is 2.48. The van der Waals surface area contributed by atoms with Crippen LogP contribution in [0.4, 0.5) is 4.39 Å². The van der Waals surface area contributed by atoms with Gasteiger partial charge in [0, 0.05) is 20.0 Å². The average molecular weight is 378 g/mol. The molecule has 2 fully saturated rings. The Morgan fingerprint density at radius 3 is 2.48 bits per heavy atom. The minimum absolute atomic E-state index is 0.0597. The van der Waals surface area contributed by atoms with Crippen molar-refractivity contribution in [2.24, 2.45) is 5.41 Å². The Bertz CT molecular complexity index is 647. The molecule has 1 atom stereocenters. The van der Waals surface area contributed by atoms with Crippen LogP contribution in [-0.2, 0) is 9.59 Å². The second kappa shape index (κ2) is 8.25. The van der Waals surface area contributed by atoms with Crippen LogP contribution in [0.3, 0.4) is 0 Å². The predicted octanol–water partition coefficient (Wildman–Crippen LogP) is 2.38. The molecule has 0 radical (unpaired) electrons. The van der Waals surface area contributed by atoms with Gasteiger partial charge in [0.05, 0.1) is 6.61 Å². The Balaban J connectivity index is 1.42. The van der Waals surface area contributed by atoms with E-state index in [1.165, 1.54) is 24.0 Å². The second-order valence-corrected chi connectivity index (χ2v) is 7.70. The summed E-state index contributed by atoms with van der Waals surface area (Å²) in [5.41, 5.74) is -0.0597. The third kappa shape index (κ3) is 4.77. The first kappa shape index (κ1) is 19.6. The Hall–Kier alpha value is -2.15. The van der Waals surface area contributed by atoms with E-state index in [0.29, 0.717) is 25.3 Å². The van der Waals surface area contributed by atoms with Gasteiger partial charge in [-0.1, -0.05) is 0 Å². The second-order valence-electron chi connectivity index (χ2n) is 7.70. The number of hydrogen-bond donors (Lipinski definition) is 1. The lowest BCUT2D eigenvalue weighted by atomic mass is 9.76. The molecule has 1 N–H and O–H groups in total. The van der Waals surface area contributed by atoms with Crippen molar-refractivity contribution in [2.75, 3.05) is 32.8 Å². The van der Waals surface area contributed by atoms with Crippen LogP contribution in [0, 0.1) is 11.2 Å². The van der Waals surface area contributed by atoms with E-state index >= 15 is 0 Å². The van der Waals surface area contributed by atoms with E-state index in [1.807, 2.05) is 0 Å². The minimum Gasteiger partial charge on any atom is -0.494 e. The predicted molar refractivity (Wildman–Crippen MR) is 98.0 cm³/mol. The van der Waals surface area contributed by atoms with Gasteiger partial charge < -0.3 is 19.6 Å². The Labute approximate surface area is 158 Å². The Morgan fingerprint density at radius 2 is 1.93 bits per heavy atom. The normalized spacial score (nSPS) is 22.1. The van der Waals surface area contributed by atoms with Crippen LogP contribution < -0.4 is 4.74 Å². The minimum atomic E-state index is -0.901. The van der Waals surface area contributed by atoms with Crippen LogP contribution in [0.25, 0.3) is 0 Å². The van der Waals surface area contributed by atoms with Crippen molar-refractivity contribution in [1.82, 2.24) is 9.80 Å². The van der Waals surface area contributed by atoms with Crippen molar-refractivity contribution < 1.29 is 23.8 Å². The van der Waals surface area contributed by atoms with Crippen LogP contribution >= 0.6 is 0 Å². The number of rotatable bonds is 6. The maximum absolute atomic E-state index is 12.9. The van der Waals surface area contributed by atoms with Crippen molar-refractivity contribution >= 4 is 11.9 Å². The molecule has 2 saturated heterocycles. The highest BCUT2D eigenvalue weighted by Crippen LogP contribution is 2.43. The molecule has 7 heteroatoms. The first-order chi connectivity index (χ1) is 12.9. The summed E-state index contributed by atoms with van der Waals surface area (Å²) in [5, 5.41) is 9.41. The van der Waals surface area contributed by atoms with Gasteiger partial charge in [0.2, 0.25) is 5.91 Å². The largest absolute Gasteiger partial charge is 0.494 e. The summed E-state index contributed by atoms with van der Waals surface area (Å²) in [4.78, 5) is 27.1. The van der Waals surface area contributed by atoms with E-state index in [9.17, 15) is 19.1 Å². The summed E-state index contributed by atoms with van der Waals surface area (Å²) < 4.78 is 18.5. The van der Waals surface area contributed by atoms with Gasteiger partial charge in [0.1, 0.15) is 17.6 Å². The van der Waals surface area contributed by atoms with Gasteiger partial charge in [-0.2, -0.15) is 0 Å². The summed E-state index contributed by atoms with van der Waals surface area (Å²) in [5.74, 6) is -0.656. The van der Waals surface area contributed by atoms with E-state index in [-0.39, 0.29) is 17.1 Å². The van der Waals surface area contributed by atoms with E-state index in [2.05, 4.69) is 4.90 Å². The van der Waals surface area contributed by atoms with Crippen molar-refractivity contribution in [1.29, 1.82) is 0 Å². The van der Waals surface area contributed by atoms with Crippen LogP contribution in [0.1, 0.15) is 32.6 Å². The number of halogens is 1. The summed E-state index contributed by atoms with van der Waals surface area (Å²) >= 11 is 0. The SMILES string of the molecule is CC(=O)N1CC2(CCN(CCCOc3ccc(F)cc3)CC2)C[C@@H]1C(=O)O. The maximum atomic E-state index is 12.9. The van der Waals surface area contributed by atoms with Crippen LogP contribution in [-0.4, -0.2) is 65.6 Å². The molecule has 0 unspecified atom stereocenters. The number of nitrogens with zero attached hydrogens (tertiary/aromatic N) is 2. The zero-order chi connectivity index (χ0) is 19.4. The third-order valence-corrected chi connectivity index (χ3v) is 5.82. The first-order valence-electron chi connectivity index (χ1n) is 9.49. The van der Waals surface area contributed by atoms with Gasteiger partial charge in [-0.05, 0) is 68.5 Å². The summed E-state index contributed by atoms with van der Waals surface area (Å²) in [6, 6.07) is 5.34. The first-order valence-corrected chi connectivity index (χ1v) is 9.49. The van der Waals surface area contributed by atoms with Crippen LogP contribution in [0.2, 0.25) is 0 Å². The molecule has 2 aliphatic heterocycles. The lowest BCUT2D eigenvalue weighted by molar-refractivity contribution is -0.147. The molecule has 1 spiro atoms. The number of piperidine rings is 1. The lowest BCUT2D eigenvalue weighted by Gasteiger charge is -2.39. The number of carbonyl (C=O) groups excluding carboxylic acids is 1. The molecule has 148 valence electrons. The van der Waals surface area contributed by atoms with Crippen molar-refractivity contribution in [3.8, 4) is 5.75 Å². The molecule has 27 heavy (non-hydrogen) atoms. The number of benzene rings is 1. The molecular weight excluding hydrogens is 351 g/mol. The van der Waals surface area contributed by atoms with Gasteiger partial charge in [-0.25, -0.2) is 9.18 Å². The molecule has 2 aliphatic rings. The van der Waals surface area contributed by atoms with Crippen molar-refractivity contribution in [2.45, 2.75) is 38.6 Å². The highest BCUT2D eigenvalue weighted by molar-refractivity contribution is 5.83. The zero-order valence-electron chi connectivity index (χ0n) is 15.7. The van der Waals surface area contributed by atoms with E-state index < -0.39 is 12.0 Å². The molecule has 0 bridgehead atoms. The Morgan fingerprint density at radius 1 is 1.26 bits per heavy atom. The molecule has 1 aromatic rings. The van der Waals surface area contributed by atoms with Gasteiger partial charge in [-0.3, -0.25) is 4.79 Å². The van der Waals surface area contributed by atoms with Crippen molar-refractivity contribution in [3.05, 3.63) is 30.1 Å². The number of carbonyl (C=O) groups is 2. The summed E-state index contributed by atoms with van der Waals surface area (Å²) in [7, 11) is 0. The van der Waals surface area contributed by atoms with Gasteiger partial charge in [0.25, 0.3) is 0 Å². The number of amides is 1. The quantitative estimate of drug-likeness (QED) is 0.770. The molecule has 6 nitrogen and oxygen atoms in total. The van der Waals surface area contributed by atoms with E-state index in [1.54, 1.807) is 12.1 Å². The Kier molecular flexibility index (Phi) is 5.99. The number of likely N-dealkylation sites (tertiary alicyclic amines) is 2. The van der Waals surface area contributed by atoms with Gasteiger partial charge in [0.15, 0.2) is 0 Å². The number of hydrogen-bond acceptors (Lipinski definition) is 4. The fraction of sp³-hybridized carbons (Fsp3) is 0.600. The molecule has 0 aromatic heterocycles. The molecule has 0 saturated carbocycles. The number of carboxylic acid groups (broad SMARTS) is 1. The fourth-order valence-electron chi connectivity index (χ4n) is 4.23. The average Bonchev–Trinajstić information content (AvgIpc) is 3.02. The smallest absolute Gasteiger partial charge is 0.326 e. The molecule has 1 amide bonds. The number of carboxylic acids is 1. The molecular formula is C20H27FN2O4. The number of aliphatic carboxylic acids is 1. The van der Waals surface area contributed by atoms with E-state index in [4.69, 9.17) is 4.74 Å². The third-order valence-electron chi connectivity index (χ3n) is 5.82. The molecule has 3 rings (SSSR count). The molecule has 2 heterocycles. The van der Waals surface area contributed by atoms with Crippen molar-refractivity contribution in [3.63, 3.8) is 0 Å². The fourth-order valence-corrected chi connectivity index (χ4v) is 4.23. The summed E-state index contributed by atoms with van der Waals surface area (Å²) in [6.45, 7) is 5.32. The molecule has 1 aromatic carbocycles.